The van der Waals surface area contributed by atoms with Gasteiger partial charge in [0.25, 0.3) is 0 Å². The highest BCUT2D eigenvalue weighted by Gasteiger charge is 2.30. The maximum Gasteiger partial charge on any atom is 0.0568 e. The quantitative estimate of drug-likeness (QED) is 0.694. The molecule has 70 valence electrons. The number of ether oxygens (including phenoxy) is 1. The fourth-order valence-corrected chi connectivity index (χ4v) is 1.93. The van der Waals surface area contributed by atoms with E-state index in [1.54, 1.807) is 0 Å². The van der Waals surface area contributed by atoms with E-state index < -0.39 is 0 Å². The number of hydrogen-bond donors (Lipinski definition) is 1. The maximum atomic E-state index is 9.61. The highest BCUT2D eigenvalue weighted by Crippen LogP contribution is 2.35. The van der Waals surface area contributed by atoms with Crippen LogP contribution < -0.4 is 0 Å². The molecule has 2 unspecified atom stereocenters. The van der Waals surface area contributed by atoms with Gasteiger partial charge in [0.2, 0.25) is 0 Å². The van der Waals surface area contributed by atoms with Crippen LogP contribution in [0.25, 0.3) is 0 Å². The third-order valence-corrected chi connectivity index (χ3v) is 3.06. The van der Waals surface area contributed by atoms with Gasteiger partial charge < -0.3 is 9.84 Å². The van der Waals surface area contributed by atoms with Crippen LogP contribution in [0.1, 0.15) is 32.1 Å². The Bertz CT molecular complexity index is 135. The topological polar surface area (TPSA) is 29.5 Å². The lowest BCUT2D eigenvalue weighted by molar-refractivity contribution is 0.128. The summed E-state index contributed by atoms with van der Waals surface area (Å²) in [4.78, 5) is 0. The normalized spacial score (nSPS) is 32.2. The Morgan fingerprint density at radius 2 is 2.17 bits per heavy atom. The van der Waals surface area contributed by atoms with Crippen LogP contribution in [-0.2, 0) is 4.74 Å². The van der Waals surface area contributed by atoms with E-state index >= 15 is 0 Å². The highest BCUT2D eigenvalue weighted by molar-refractivity contribution is 4.81. The van der Waals surface area contributed by atoms with Gasteiger partial charge in [0.15, 0.2) is 0 Å². The van der Waals surface area contributed by atoms with E-state index in [4.69, 9.17) is 4.74 Å². The number of aliphatic hydroxyl groups excluding tert-OH is 1. The van der Waals surface area contributed by atoms with Crippen LogP contribution in [0.15, 0.2) is 0 Å². The van der Waals surface area contributed by atoms with Crippen molar-refractivity contribution in [3.05, 3.63) is 0 Å². The van der Waals surface area contributed by atoms with Gasteiger partial charge in [-0.3, -0.25) is 0 Å². The zero-order chi connectivity index (χ0) is 8.39. The van der Waals surface area contributed by atoms with Gasteiger partial charge in [-0.25, -0.2) is 0 Å². The summed E-state index contributed by atoms with van der Waals surface area (Å²) in [5.74, 6) is 1.38. The Hall–Kier alpha value is -0.0800. The van der Waals surface area contributed by atoms with E-state index in [0.717, 1.165) is 32.0 Å². The molecule has 0 aromatic heterocycles. The standard InChI is InChI=1S/C10H18O2/c11-10(9-2-3-9)4-1-8-5-6-12-7-8/h8-11H,1-7H2. The minimum Gasteiger partial charge on any atom is -0.393 e. The van der Waals surface area contributed by atoms with Crippen molar-refractivity contribution in [2.45, 2.75) is 38.2 Å². The van der Waals surface area contributed by atoms with Crippen LogP contribution in [0, 0.1) is 11.8 Å². The molecule has 0 radical (unpaired) electrons. The molecule has 2 atom stereocenters. The van der Waals surface area contributed by atoms with Crippen LogP contribution in [-0.4, -0.2) is 24.4 Å². The molecule has 2 nitrogen and oxygen atoms in total. The smallest absolute Gasteiger partial charge is 0.0568 e. The average Bonchev–Trinajstić information content (AvgIpc) is 2.80. The first-order valence-electron chi connectivity index (χ1n) is 5.12. The van der Waals surface area contributed by atoms with Crippen molar-refractivity contribution in [1.82, 2.24) is 0 Å². The predicted molar refractivity (Wildman–Crippen MR) is 46.9 cm³/mol. The van der Waals surface area contributed by atoms with Crippen LogP contribution in [0.3, 0.4) is 0 Å². The summed E-state index contributed by atoms with van der Waals surface area (Å²) in [6, 6.07) is 0. The Morgan fingerprint density at radius 3 is 2.75 bits per heavy atom. The fraction of sp³-hybridized carbons (Fsp3) is 1.00. The Balaban J connectivity index is 1.60. The summed E-state index contributed by atoms with van der Waals surface area (Å²) in [5.41, 5.74) is 0. The molecule has 1 N–H and O–H groups in total. The Labute approximate surface area is 73.9 Å². The van der Waals surface area contributed by atoms with Crippen LogP contribution in [0.5, 0.6) is 0 Å². The summed E-state index contributed by atoms with van der Waals surface area (Å²) in [6.07, 6.45) is 5.86. The van der Waals surface area contributed by atoms with Crippen molar-refractivity contribution in [1.29, 1.82) is 0 Å². The summed E-state index contributed by atoms with van der Waals surface area (Å²) in [5, 5.41) is 9.61. The summed E-state index contributed by atoms with van der Waals surface area (Å²) < 4.78 is 5.28. The second kappa shape index (κ2) is 3.75. The van der Waals surface area contributed by atoms with E-state index in [2.05, 4.69) is 0 Å². The molecule has 12 heavy (non-hydrogen) atoms. The molecule has 0 bridgehead atoms. The SMILES string of the molecule is OC(CCC1CCOC1)C1CC1. The van der Waals surface area contributed by atoms with Crippen molar-refractivity contribution >= 4 is 0 Å². The zero-order valence-corrected chi connectivity index (χ0v) is 7.54. The van der Waals surface area contributed by atoms with Crippen molar-refractivity contribution in [2.75, 3.05) is 13.2 Å². The lowest BCUT2D eigenvalue weighted by Crippen LogP contribution is -2.11. The summed E-state index contributed by atoms with van der Waals surface area (Å²) in [6.45, 7) is 1.86. The largest absolute Gasteiger partial charge is 0.393 e. The molecular formula is C10H18O2. The van der Waals surface area contributed by atoms with Crippen molar-refractivity contribution in [3.63, 3.8) is 0 Å². The third-order valence-electron chi connectivity index (χ3n) is 3.06. The van der Waals surface area contributed by atoms with Crippen LogP contribution in [0.2, 0.25) is 0 Å². The molecule has 2 aliphatic rings. The van der Waals surface area contributed by atoms with Crippen molar-refractivity contribution < 1.29 is 9.84 Å². The second-order valence-electron chi connectivity index (χ2n) is 4.21. The molecule has 0 spiro atoms. The van der Waals surface area contributed by atoms with Gasteiger partial charge in [0, 0.05) is 13.2 Å². The molecule has 0 aromatic carbocycles. The molecule has 0 aromatic rings. The number of rotatable bonds is 4. The second-order valence-corrected chi connectivity index (χ2v) is 4.21. The summed E-state index contributed by atoms with van der Waals surface area (Å²) in [7, 11) is 0. The van der Waals surface area contributed by atoms with Gasteiger partial charge in [-0.05, 0) is 43.9 Å². The average molecular weight is 170 g/mol. The molecule has 1 aliphatic heterocycles. The molecule has 1 aliphatic carbocycles. The lowest BCUT2D eigenvalue weighted by Gasteiger charge is -2.11. The van der Waals surface area contributed by atoms with Gasteiger partial charge >= 0.3 is 0 Å². The first kappa shape index (κ1) is 8.52. The molecular weight excluding hydrogens is 152 g/mol. The van der Waals surface area contributed by atoms with Crippen molar-refractivity contribution in [3.8, 4) is 0 Å². The first-order valence-corrected chi connectivity index (χ1v) is 5.12. The van der Waals surface area contributed by atoms with Gasteiger partial charge in [-0.1, -0.05) is 0 Å². The molecule has 0 amide bonds. The first-order chi connectivity index (χ1) is 5.86. The fourth-order valence-electron chi connectivity index (χ4n) is 1.93. The maximum absolute atomic E-state index is 9.61. The van der Waals surface area contributed by atoms with Crippen LogP contribution >= 0.6 is 0 Å². The molecule has 1 heterocycles. The third kappa shape index (κ3) is 2.20. The van der Waals surface area contributed by atoms with Crippen molar-refractivity contribution in [2.24, 2.45) is 11.8 Å². The van der Waals surface area contributed by atoms with Gasteiger partial charge in [-0.2, -0.15) is 0 Å². The highest BCUT2D eigenvalue weighted by atomic mass is 16.5. The van der Waals surface area contributed by atoms with Gasteiger partial charge in [0.05, 0.1) is 6.10 Å². The van der Waals surface area contributed by atoms with Gasteiger partial charge in [0.1, 0.15) is 0 Å². The monoisotopic (exact) mass is 170 g/mol. The molecule has 2 heteroatoms. The van der Waals surface area contributed by atoms with E-state index in [9.17, 15) is 5.11 Å². The summed E-state index contributed by atoms with van der Waals surface area (Å²) >= 11 is 0. The number of aliphatic hydroxyl groups is 1. The predicted octanol–water partition coefficient (Wildman–Crippen LogP) is 1.57. The Kier molecular flexibility index (Phi) is 2.66. The van der Waals surface area contributed by atoms with E-state index in [1.807, 2.05) is 0 Å². The minimum absolute atomic E-state index is 0.00870. The van der Waals surface area contributed by atoms with Gasteiger partial charge in [-0.15, -0.1) is 0 Å². The molecule has 2 rings (SSSR count). The molecule has 1 saturated heterocycles. The van der Waals surface area contributed by atoms with Crippen LogP contribution in [0.4, 0.5) is 0 Å². The van der Waals surface area contributed by atoms with E-state index in [1.165, 1.54) is 19.3 Å². The van der Waals surface area contributed by atoms with E-state index in [0.29, 0.717) is 5.92 Å². The zero-order valence-electron chi connectivity index (χ0n) is 7.54. The van der Waals surface area contributed by atoms with E-state index in [-0.39, 0.29) is 6.10 Å². The lowest BCUT2D eigenvalue weighted by atomic mass is 9.99. The number of hydrogen-bond acceptors (Lipinski definition) is 2. The minimum atomic E-state index is -0.00870. The molecule has 1 saturated carbocycles. The molecule has 2 fully saturated rings. The Morgan fingerprint density at radius 1 is 1.33 bits per heavy atom.